The van der Waals surface area contributed by atoms with Crippen molar-refractivity contribution in [2.45, 2.75) is 19.4 Å². The van der Waals surface area contributed by atoms with Crippen LogP contribution < -0.4 is 15.5 Å². The van der Waals surface area contributed by atoms with Crippen LogP contribution in [0.25, 0.3) is 0 Å². The van der Waals surface area contributed by atoms with Crippen LogP contribution in [0.2, 0.25) is 0 Å². The van der Waals surface area contributed by atoms with E-state index in [0.717, 1.165) is 64.6 Å². The number of unbranched alkanes of at least 4 members (excludes halogenated alkanes) is 1. The minimum Gasteiger partial charge on any atom is -0.378 e. The Hall–Kier alpha value is -2.11. The van der Waals surface area contributed by atoms with Crippen molar-refractivity contribution >= 4 is 11.5 Å². The zero-order valence-corrected chi connectivity index (χ0v) is 14.8. The average Bonchev–Trinajstić information content (AvgIpc) is 2.69. The fraction of sp³-hybridized carbons (Fsp3) is 0.450. The highest BCUT2D eigenvalue weighted by Crippen LogP contribution is 2.16. The van der Waals surface area contributed by atoms with Crippen LogP contribution in [0, 0.1) is 0 Å². The Morgan fingerprint density at radius 1 is 0.960 bits per heavy atom. The van der Waals surface area contributed by atoms with E-state index in [1.165, 1.54) is 11.3 Å². The number of aromatic nitrogens is 1. The number of hydrogen-bond donors (Lipinski definition) is 2. The van der Waals surface area contributed by atoms with E-state index in [0.29, 0.717) is 0 Å². The molecular formula is C20H28N4O. The SMILES string of the molecule is c1ccc(NCCCCNCc2ccc(N3CCOCC3)cc2)nc1. The maximum atomic E-state index is 5.40. The predicted octanol–water partition coefficient (Wildman–Crippen LogP) is 2.90. The van der Waals surface area contributed by atoms with E-state index < -0.39 is 0 Å². The van der Waals surface area contributed by atoms with Gasteiger partial charge in [0, 0.05) is 38.1 Å². The molecule has 2 aromatic rings. The van der Waals surface area contributed by atoms with E-state index in [1.807, 2.05) is 24.4 Å². The van der Waals surface area contributed by atoms with E-state index in [9.17, 15) is 0 Å². The monoisotopic (exact) mass is 340 g/mol. The van der Waals surface area contributed by atoms with Crippen LogP contribution in [-0.2, 0) is 11.3 Å². The van der Waals surface area contributed by atoms with E-state index in [4.69, 9.17) is 4.74 Å². The first-order valence-corrected chi connectivity index (χ1v) is 9.19. The number of ether oxygens (including phenoxy) is 1. The highest BCUT2D eigenvalue weighted by atomic mass is 16.5. The predicted molar refractivity (Wildman–Crippen MR) is 103 cm³/mol. The summed E-state index contributed by atoms with van der Waals surface area (Å²) in [7, 11) is 0. The van der Waals surface area contributed by atoms with Gasteiger partial charge >= 0.3 is 0 Å². The van der Waals surface area contributed by atoms with Gasteiger partial charge in [-0.3, -0.25) is 0 Å². The summed E-state index contributed by atoms with van der Waals surface area (Å²) in [4.78, 5) is 6.64. The first kappa shape index (κ1) is 17.7. The lowest BCUT2D eigenvalue weighted by molar-refractivity contribution is 0.122. The lowest BCUT2D eigenvalue weighted by Gasteiger charge is -2.28. The molecule has 0 unspecified atom stereocenters. The number of anilines is 2. The molecule has 1 saturated heterocycles. The van der Waals surface area contributed by atoms with Gasteiger partial charge in [0.25, 0.3) is 0 Å². The van der Waals surface area contributed by atoms with Gasteiger partial charge in [0.15, 0.2) is 0 Å². The zero-order valence-electron chi connectivity index (χ0n) is 14.8. The molecule has 2 heterocycles. The standard InChI is InChI=1S/C20H28N4O/c1-2-11-22-20(5-1)23-12-4-3-10-21-17-18-6-8-19(9-7-18)24-13-15-25-16-14-24/h1-2,5-9,11,21H,3-4,10,12-17H2,(H,22,23). The summed E-state index contributed by atoms with van der Waals surface area (Å²) in [6.07, 6.45) is 4.11. The van der Waals surface area contributed by atoms with Crippen molar-refractivity contribution in [3.05, 3.63) is 54.2 Å². The molecule has 0 amide bonds. The topological polar surface area (TPSA) is 49.4 Å². The van der Waals surface area contributed by atoms with Gasteiger partial charge in [-0.05, 0) is 49.2 Å². The van der Waals surface area contributed by atoms with Gasteiger partial charge in [0.05, 0.1) is 13.2 Å². The van der Waals surface area contributed by atoms with Crippen molar-refractivity contribution in [3.63, 3.8) is 0 Å². The van der Waals surface area contributed by atoms with Gasteiger partial charge in [0.1, 0.15) is 5.82 Å². The molecule has 134 valence electrons. The fourth-order valence-electron chi connectivity index (χ4n) is 2.94. The molecule has 0 spiro atoms. The van der Waals surface area contributed by atoms with Crippen molar-refractivity contribution < 1.29 is 4.74 Å². The van der Waals surface area contributed by atoms with Crippen molar-refractivity contribution in [3.8, 4) is 0 Å². The first-order valence-electron chi connectivity index (χ1n) is 9.19. The molecule has 0 bridgehead atoms. The largest absolute Gasteiger partial charge is 0.378 e. The second kappa shape index (κ2) is 10.0. The molecule has 1 aromatic heterocycles. The third-order valence-corrected chi connectivity index (χ3v) is 4.39. The van der Waals surface area contributed by atoms with Crippen LogP contribution in [0.4, 0.5) is 11.5 Å². The Balaban J connectivity index is 1.27. The summed E-state index contributed by atoms with van der Waals surface area (Å²) >= 11 is 0. The molecule has 5 heteroatoms. The molecule has 5 nitrogen and oxygen atoms in total. The van der Waals surface area contributed by atoms with Gasteiger partial charge in [0.2, 0.25) is 0 Å². The van der Waals surface area contributed by atoms with Gasteiger partial charge < -0.3 is 20.3 Å². The number of morpholine rings is 1. The molecule has 0 saturated carbocycles. The number of nitrogens with one attached hydrogen (secondary N) is 2. The Morgan fingerprint density at radius 2 is 1.76 bits per heavy atom. The Kier molecular flexibility index (Phi) is 7.09. The smallest absolute Gasteiger partial charge is 0.125 e. The van der Waals surface area contributed by atoms with Gasteiger partial charge in [-0.15, -0.1) is 0 Å². The van der Waals surface area contributed by atoms with E-state index in [1.54, 1.807) is 0 Å². The van der Waals surface area contributed by atoms with E-state index in [-0.39, 0.29) is 0 Å². The van der Waals surface area contributed by atoms with Crippen LogP contribution in [0.5, 0.6) is 0 Å². The Morgan fingerprint density at radius 3 is 2.52 bits per heavy atom. The quantitative estimate of drug-likeness (QED) is 0.688. The lowest BCUT2D eigenvalue weighted by Crippen LogP contribution is -2.36. The number of pyridine rings is 1. The third-order valence-electron chi connectivity index (χ3n) is 4.39. The normalized spacial score (nSPS) is 14.5. The summed E-state index contributed by atoms with van der Waals surface area (Å²) in [6, 6.07) is 14.8. The molecule has 3 rings (SSSR count). The molecule has 1 fully saturated rings. The van der Waals surface area contributed by atoms with Crippen molar-refractivity contribution in [2.75, 3.05) is 49.6 Å². The summed E-state index contributed by atoms with van der Waals surface area (Å²) < 4.78 is 5.40. The molecule has 0 atom stereocenters. The van der Waals surface area contributed by atoms with Crippen LogP contribution in [0.3, 0.4) is 0 Å². The second-order valence-corrected chi connectivity index (χ2v) is 6.29. The van der Waals surface area contributed by atoms with Gasteiger partial charge in [-0.1, -0.05) is 18.2 Å². The first-order chi connectivity index (χ1) is 12.4. The maximum Gasteiger partial charge on any atom is 0.125 e. The van der Waals surface area contributed by atoms with E-state index >= 15 is 0 Å². The lowest BCUT2D eigenvalue weighted by atomic mass is 10.2. The number of hydrogen-bond acceptors (Lipinski definition) is 5. The molecule has 0 radical (unpaired) electrons. The molecule has 0 aliphatic carbocycles. The average molecular weight is 340 g/mol. The second-order valence-electron chi connectivity index (χ2n) is 6.29. The summed E-state index contributed by atoms with van der Waals surface area (Å²) in [6.45, 7) is 6.57. The molecule has 2 N–H and O–H groups in total. The molecule has 25 heavy (non-hydrogen) atoms. The maximum absolute atomic E-state index is 5.40. The summed E-state index contributed by atoms with van der Waals surface area (Å²) in [5, 5.41) is 6.86. The molecule has 1 aliphatic rings. The minimum absolute atomic E-state index is 0.832. The highest BCUT2D eigenvalue weighted by Gasteiger charge is 2.10. The molecular weight excluding hydrogens is 312 g/mol. The molecule has 1 aromatic carbocycles. The number of rotatable bonds is 9. The van der Waals surface area contributed by atoms with Crippen LogP contribution in [0.15, 0.2) is 48.7 Å². The Labute approximate surface area is 150 Å². The Bertz CT molecular complexity index is 597. The summed E-state index contributed by atoms with van der Waals surface area (Å²) in [5.74, 6) is 0.954. The summed E-state index contributed by atoms with van der Waals surface area (Å²) in [5.41, 5.74) is 2.64. The van der Waals surface area contributed by atoms with Crippen molar-refractivity contribution in [1.29, 1.82) is 0 Å². The van der Waals surface area contributed by atoms with Gasteiger partial charge in [-0.25, -0.2) is 4.98 Å². The fourth-order valence-corrected chi connectivity index (χ4v) is 2.94. The van der Waals surface area contributed by atoms with Gasteiger partial charge in [-0.2, -0.15) is 0 Å². The van der Waals surface area contributed by atoms with Crippen molar-refractivity contribution in [1.82, 2.24) is 10.3 Å². The third kappa shape index (κ3) is 6.03. The number of benzene rings is 1. The number of nitrogens with zero attached hydrogens (tertiary/aromatic N) is 2. The van der Waals surface area contributed by atoms with Crippen molar-refractivity contribution in [2.24, 2.45) is 0 Å². The highest BCUT2D eigenvalue weighted by molar-refractivity contribution is 5.47. The minimum atomic E-state index is 0.832. The van der Waals surface area contributed by atoms with Crippen LogP contribution in [0.1, 0.15) is 18.4 Å². The van der Waals surface area contributed by atoms with Crippen LogP contribution >= 0.6 is 0 Å². The van der Waals surface area contributed by atoms with E-state index in [2.05, 4.69) is 44.8 Å². The molecule has 1 aliphatic heterocycles. The zero-order chi connectivity index (χ0) is 17.2. The van der Waals surface area contributed by atoms with Crippen LogP contribution in [-0.4, -0.2) is 44.4 Å².